The van der Waals surface area contributed by atoms with E-state index in [9.17, 15) is 4.79 Å². The lowest BCUT2D eigenvalue weighted by Gasteiger charge is -2.06. The van der Waals surface area contributed by atoms with Crippen molar-refractivity contribution in [2.45, 2.75) is 6.54 Å². The van der Waals surface area contributed by atoms with Crippen molar-refractivity contribution < 1.29 is 9.53 Å². The molecule has 1 aromatic heterocycles. The van der Waals surface area contributed by atoms with E-state index in [1.807, 2.05) is 35.0 Å². The van der Waals surface area contributed by atoms with Gasteiger partial charge in [0.25, 0.3) is 0 Å². The molecule has 0 saturated carbocycles. The van der Waals surface area contributed by atoms with Crippen LogP contribution < -0.4 is 4.74 Å². The molecule has 2 aromatic carbocycles. The van der Waals surface area contributed by atoms with Crippen LogP contribution in [0.4, 0.5) is 0 Å². The minimum atomic E-state index is 0.0481. The van der Waals surface area contributed by atoms with Gasteiger partial charge in [-0.1, -0.05) is 17.7 Å². The van der Waals surface area contributed by atoms with Gasteiger partial charge in [-0.25, -0.2) is 0 Å². The summed E-state index contributed by atoms with van der Waals surface area (Å²) in [7, 11) is 1.64. The van der Waals surface area contributed by atoms with Crippen LogP contribution in [0.25, 0.3) is 10.9 Å². The molecular weight excluding hydrogens is 286 g/mol. The number of benzene rings is 2. The zero-order valence-electron chi connectivity index (χ0n) is 11.5. The third kappa shape index (κ3) is 2.65. The van der Waals surface area contributed by atoms with Crippen LogP contribution in [-0.2, 0) is 6.54 Å². The van der Waals surface area contributed by atoms with Gasteiger partial charge in [0.05, 0.1) is 19.2 Å². The van der Waals surface area contributed by atoms with Crippen LogP contribution in [0.15, 0.2) is 54.7 Å². The van der Waals surface area contributed by atoms with Crippen LogP contribution >= 0.6 is 11.6 Å². The SMILES string of the molecule is COc1cccc2c1ccn2CC(=O)c1ccc(Cl)cc1. The van der Waals surface area contributed by atoms with Gasteiger partial charge in [0.15, 0.2) is 5.78 Å². The van der Waals surface area contributed by atoms with Crippen molar-refractivity contribution in [1.29, 1.82) is 0 Å². The second kappa shape index (κ2) is 5.62. The molecule has 0 unspecified atom stereocenters. The standard InChI is InChI=1S/C17H14ClNO2/c1-21-17-4-2-3-15-14(17)9-10-19(15)11-16(20)12-5-7-13(18)8-6-12/h2-10H,11H2,1H3. The van der Waals surface area contributed by atoms with E-state index in [4.69, 9.17) is 16.3 Å². The molecule has 0 radical (unpaired) electrons. The molecule has 0 N–H and O–H groups in total. The summed E-state index contributed by atoms with van der Waals surface area (Å²) in [5.74, 6) is 0.858. The Morgan fingerprint density at radius 2 is 1.90 bits per heavy atom. The van der Waals surface area contributed by atoms with Gasteiger partial charge >= 0.3 is 0 Å². The van der Waals surface area contributed by atoms with Crippen LogP contribution in [0.1, 0.15) is 10.4 Å². The summed E-state index contributed by atoms with van der Waals surface area (Å²) in [4.78, 5) is 12.3. The Morgan fingerprint density at radius 3 is 2.62 bits per heavy atom. The summed E-state index contributed by atoms with van der Waals surface area (Å²) in [5.41, 5.74) is 1.64. The first-order valence-corrected chi connectivity index (χ1v) is 6.97. The van der Waals surface area contributed by atoms with Crippen molar-refractivity contribution >= 4 is 28.3 Å². The number of Topliss-reactive ketones (excluding diaryl/α,β-unsaturated/α-hetero) is 1. The fourth-order valence-corrected chi connectivity index (χ4v) is 2.52. The Bertz CT molecular complexity index is 790. The fraction of sp³-hybridized carbons (Fsp3) is 0.118. The quantitative estimate of drug-likeness (QED) is 0.677. The molecule has 21 heavy (non-hydrogen) atoms. The average molecular weight is 300 g/mol. The number of hydrogen-bond acceptors (Lipinski definition) is 2. The molecule has 0 saturated heterocycles. The third-order valence-corrected chi connectivity index (χ3v) is 3.73. The maximum atomic E-state index is 12.3. The number of halogens is 1. The smallest absolute Gasteiger partial charge is 0.182 e. The molecule has 0 atom stereocenters. The van der Waals surface area contributed by atoms with Crippen LogP contribution in [-0.4, -0.2) is 17.5 Å². The van der Waals surface area contributed by atoms with Crippen molar-refractivity contribution in [1.82, 2.24) is 4.57 Å². The zero-order valence-corrected chi connectivity index (χ0v) is 12.3. The Hall–Kier alpha value is -2.26. The Balaban J connectivity index is 1.91. The molecule has 3 rings (SSSR count). The summed E-state index contributed by atoms with van der Waals surface area (Å²) >= 11 is 5.84. The predicted octanol–water partition coefficient (Wildman–Crippen LogP) is 4.19. The summed E-state index contributed by atoms with van der Waals surface area (Å²) < 4.78 is 7.26. The largest absolute Gasteiger partial charge is 0.496 e. The summed E-state index contributed by atoms with van der Waals surface area (Å²) in [5, 5.41) is 1.63. The van der Waals surface area contributed by atoms with E-state index < -0.39 is 0 Å². The highest BCUT2D eigenvalue weighted by atomic mass is 35.5. The van der Waals surface area contributed by atoms with Crippen LogP contribution in [0, 0.1) is 0 Å². The lowest BCUT2D eigenvalue weighted by Crippen LogP contribution is -2.09. The fourth-order valence-electron chi connectivity index (χ4n) is 2.39. The van der Waals surface area contributed by atoms with Crippen LogP contribution in [0.2, 0.25) is 5.02 Å². The molecule has 4 heteroatoms. The van der Waals surface area contributed by atoms with E-state index in [-0.39, 0.29) is 12.3 Å². The number of rotatable bonds is 4. The maximum absolute atomic E-state index is 12.3. The van der Waals surface area contributed by atoms with E-state index in [1.54, 1.807) is 31.4 Å². The van der Waals surface area contributed by atoms with Crippen LogP contribution in [0.5, 0.6) is 5.75 Å². The molecular formula is C17H14ClNO2. The van der Waals surface area contributed by atoms with Crippen LogP contribution in [0.3, 0.4) is 0 Å². The topological polar surface area (TPSA) is 31.2 Å². The van der Waals surface area contributed by atoms with Crippen molar-refractivity contribution in [3.05, 3.63) is 65.3 Å². The first-order valence-electron chi connectivity index (χ1n) is 6.59. The lowest BCUT2D eigenvalue weighted by atomic mass is 10.1. The molecule has 3 aromatic rings. The van der Waals surface area contributed by atoms with Gasteiger partial charge in [-0.3, -0.25) is 4.79 Å². The second-order valence-corrected chi connectivity index (χ2v) is 5.20. The number of fused-ring (bicyclic) bond motifs is 1. The first-order chi connectivity index (χ1) is 10.2. The molecule has 0 aliphatic carbocycles. The predicted molar refractivity (Wildman–Crippen MR) is 84.3 cm³/mol. The molecule has 0 amide bonds. The summed E-state index contributed by atoms with van der Waals surface area (Å²) in [6.07, 6.45) is 1.90. The molecule has 0 aliphatic heterocycles. The first kappa shape index (κ1) is 13.7. The Morgan fingerprint density at radius 1 is 1.14 bits per heavy atom. The molecule has 0 aliphatic rings. The van der Waals surface area contributed by atoms with Gasteiger partial charge in [-0.05, 0) is 42.5 Å². The highest BCUT2D eigenvalue weighted by Gasteiger charge is 2.10. The number of methoxy groups -OCH3 is 1. The molecule has 3 nitrogen and oxygen atoms in total. The number of carbonyl (C=O) groups is 1. The summed E-state index contributed by atoms with van der Waals surface area (Å²) in [6, 6.07) is 14.7. The third-order valence-electron chi connectivity index (χ3n) is 3.47. The van der Waals surface area contributed by atoms with Gasteiger partial charge in [-0.15, -0.1) is 0 Å². The number of ketones is 1. The monoisotopic (exact) mass is 299 g/mol. The van der Waals surface area contributed by atoms with Gasteiger partial charge in [0.2, 0.25) is 0 Å². The van der Waals surface area contributed by atoms with E-state index in [0.717, 1.165) is 16.7 Å². The zero-order chi connectivity index (χ0) is 14.8. The van der Waals surface area contributed by atoms with E-state index in [0.29, 0.717) is 10.6 Å². The number of nitrogens with zero attached hydrogens (tertiary/aromatic N) is 1. The lowest BCUT2D eigenvalue weighted by molar-refractivity contribution is 0.0973. The Kier molecular flexibility index (Phi) is 3.67. The van der Waals surface area contributed by atoms with Crippen molar-refractivity contribution in [2.24, 2.45) is 0 Å². The van der Waals surface area contributed by atoms with Gasteiger partial charge in [-0.2, -0.15) is 0 Å². The Labute approximate surface area is 127 Å². The van der Waals surface area contributed by atoms with Crippen molar-refractivity contribution in [3.8, 4) is 5.75 Å². The molecule has 106 valence electrons. The van der Waals surface area contributed by atoms with Crippen molar-refractivity contribution in [3.63, 3.8) is 0 Å². The number of ether oxygens (including phenoxy) is 1. The molecule has 1 heterocycles. The summed E-state index contributed by atoms with van der Waals surface area (Å²) in [6.45, 7) is 0.290. The molecule has 0 fully saturated rings. The van der Waals surface area contributed by atoms with Gasteiger partial charge in [0, 0.05) is 22.2 Å². The highest BCUT2D eigenvalue weighted by molar-refractivity contribution is 6.30. The van der Waals surface area contributed by atoms with E-state index in [1.165, 1.54) is 0 Å². The van der Waals surface area contributed by atoms with E-state index >= 15 is 0 Å². The maximum Gasteiger partial charge on any atom is 0.182 e. The number of hydrogen-bond donors (Lipinski definition) is 0. The van der Waals surface area contributed by atoms with Gasteiger partial charge in [0.1, 0.15) is 5.75 Å². The molecule has 0 bridgehead atoms. The minimum absolute atomic E-state index is 0.0481. The second-order valence-electron chi connectivity index (χ2n) is 4.77. The highest BCUT2D eigenvalue weighted by Crippen LogP contribution is 2.26. The van der Waals surface area contributed by atoms with Gasteiger partial charge < -0.3 is 9.30 Å². The number of carbonyl (C=O) groups excluding carboxylic acids is 1. The van der Waals surface area contributed by atoms with Crippen molar-refractivity contribution in [2.75, 3.05) is 7.11 Å². The minimum Gasteiger partial charge on any atom is -0.496 e. The van der Waals surface area contributed by atoms with E-state index in [2.05, 4.69) is 0 Å². The number of aromatic nitrogens is 1. The molecule has 0 spiro atoms. The average Bonchev–Trinajstić information content (AvgIpc) is 2.91. The normalized spacial score (nSPS) is 10.8.